The molecule has 0 spiro atoms. The summed E-state index contributed by atoms with van der Waals surface area (Å²) >= 11 is 2.77. The number of amides is 1. The molecule has 0 bridgehead atoms. The van der Waals surface area contributed by atoms with Crippen molar-refractivity contribution in [1.82, 2.24) is 9.55 Å². The molecule has 180 valence electrons. The van der Waals surface area contributed by atoms with Crippen molar-refractivity contribution in [2.45, 2.75) is 25.9 Å². The predicted octanol–water partition coefficient (Wildman–Crippen LogP) is 6.77. The Balaban J connectivity index is 1.55. The minimum atomic E-state index is -0.147. The maximum Gasteiger partial charge on any atom is 0.268 e. The molecule has 5 aromatic rings. The van der Waals surface area contributed by atoms with E-state index in [0.29, 0.717) is 15.4 Å². The Kier molecular flexibility index (Phi) is 6.76. The number of rotatable bonds is 6. The van der Waals surface area contributed by atoms with E-state index in [4.69, 9.17) is 4.98 Å². The largest absolute Gasteiger partial charge is 0.325 e. The second kappa shape index (κ2) is 10.1. The van der Waals surface area contributed by atoms with Gasteiger partial charge in [0.2, 0.25) is 5.91 Å². The molecule has 0 aliphatic carbocycles. The van der Waals surface area contributed by atoms with Crippen LogP contribution in [0.5, 0.6) is 0 Å². The molecule has 5 nitrogen and oxygen atoms in total. The van der Waals surface area contributed by atoms with Gasteiger partial charge in [0.15, 0.2) is 5.16 Å². The second-order valence-electron chi connectivity index (χ2n) is 8.66. The van der Waals surface area contributed by atoms with E-state index in [1.165, 1.54) is 23.1 Å². The van der Waals surface area contributed by atoms with Crippen molar-refractivity contribution in [2.75, 3.05) is 11.1 Å². The third kappa shape index (κ3) is 4.85. The monoisotopic (exact) mass is 511 g/mol. The molecule has 0 unspecified atom stereocenters. The van der Waals surface area contributed by atoms with Crippen molar-refractivity contribution in [1.29, 1.82) is 0 Å². The molecular weight excluding hydrogens is 486 g/mol. The molecule has 2 heterocycles. The minimum Gasteiger partial charge on any atom is -0.325 e. The van der Waals surface area contributed by atoms with Gasteiger partial charge in [-0.2, -0.15) is 0 Å². The fraction of sp³-hybridized carbons (Fsp3) is 0.138. The molecule has 3 aromatic carbocycles. The van der Waals surface area contributed by atoms with Gasteiger partial charge in [0.05, 0.1) is 16.8 Å². The van der Waals surface area contributed by atoms with E-state index < -0.39 is 0 Å². The van der Waals surface area contributed by atoms with Crippen LogP contribution in [0.1, 0.15) is 16.0 Å². The molecule has 0 aliphatic heterocycles. The number of nitrogens with zero attached hydrogens (tertiary/aromatic N) is 2. The third-order valence-electron chi connectivity index (χ3n) is 5.79. The molecule has 1 amide bonds. The van der Waals surface area contributed by atoms with Gasteiger partial charge in [-0.3, -0.25) is 14.2 Å². The lowest BCUT2D eigenvalue weighted by atomic mass is 10.0. The van der Waals surface area contributed by atoms with Crippen LogP contribution in [0.4, 0.5) is 5.69 Å². The average Bonchev–Trinajstić information content (AvgIpc) is 3.19. The number of nitrogens with one attached hydrogen (secondary N) is 1. The average molecular weight is 512 g/mol. The minimum absolute atomic E-state index is 0.133. The Labute approximate surface area is 217 Å². The maximum absolute atomic E-state index is 14.0. The SMILES string of the molecule is Cc1cc(C)cc(NC(=O)CSc2nc3sc(C)c(-c4ccccc4)c3c(=O)n2-c2ccccc2)c1. The Morgan fingerprint density at radius 3 is 2.25 bits per heavy atom. The van der Waals surface area contributed by atoms with Crippen molar-refractivity contribution in [3.05, 3.63) is 105 Å². The summed E-state index contributed by atoms with van der Waals surface area (Å²) in [6.45, 7) is 6.02. The molecule has 0 fully saturated rings. The van der Waals surface area contributed by atoms with Crippen LogP contribution in [0.3, 0.4) is 0 Å². The van der Waals surface area contributed by atoms with Gasteiger partial charge in [-0.05, 0) is 61.7 Å². The Bertz CT molecular complexity index is 1600. The number of hydrogen-bond donors (Lipinski definition) is 1. The van der Waals surface area contributed by atoms with Crippen LogP contribution in [0.15, 0.2) is 88.8 Å². The molecule has 0 radical (unpaired) electrons. The zero-order valence-electron chi connectivity index (χ0n) is 20.2. The highest BCUT2D eigenvalue weighted by Gasteiger charge is 2.21. The lowest BCUT2D eigenvalue weighted by molar-refractivity contribution is -0.113. The second-order valence-corrected chi connectivity index (χ2v) is 10.8. The number of carbonyl (C=O) groups excluding carboxylic acids is 1. The maximum atomic E-state index is 14.0. The quantitative estimate of drug-likeness (QED) is 0.202. The summed E-state index contributed by atoms with van der Waals surface area (Å²) in [5.74, 6) is -0.0143. The van der Waals surface area contributed by atoms with E-state index in [1.807, 2.05) is 93.6 Å². The molecule has 2 aromatic heterocycles. The third-order valence-corrected chi connectivity index (χ3v) is 7.72. The first-order chi connectivity index (χ1) is 17.4. The van der Waals surface area contributed by atoms with E-state index in [0.717, 1.165) is 38.5 Å². The van der Waals surface area contributed by atoms with Gasteiger partial charge in [0.1, 0.15) is 4.83 Å². The van der Waals surface area contributed by atoms with Crippen LogP contribution in [-0.4, -0.2) is 21.2 Å². The van der Waals surface area contributed by atoms with Crippen LogP contribution in [0.2, 0.25) is 0 Å². The molecule has 7 heteroatoms. The lowest BCUT2D eigenvalue weighted by Gasteiger charge is -2.13. The first-order valence-electron chi connectivity index (χ1n) is 11.6. The normalized spacial score (nSPS) is 11.1. The molecule has 0 atom stereocenters. The summed E-state index contributed by atoms with van der Waals surface area (Å²) in [4.78, 5) is 33.4. The number of hydrogen-bond acceptors (Lipinski definition) is 5. The van der Waals surface area contributed by atoms with Crippen LogP contribution in [0, 0.1) is 20.8 Å². The number of thiophene rings is 1. The number of aromatic nitrogens is 2. The van der Waals surface area contributed by atoms with Gasteiger partial charge in [-0.25, -0.2) is 4.98 Å². The van der Waals surface area contributed by atoms with Gasteiger partial charge < -0.3 is 5.32 Å². The Morgan fingerprint density at radius 1 is 0.944 bits per heavy atom. The first kappa shape index (κ1) is 24.0. The number of para-hydroxylation sites is 1. The number of thioether (sulfide) groups is 1. The highest BCUT2D eigenvalue weighted by molar-refractivity contribution is 7.99. The van der Waals surface area contributed by atoms with Crippen LogP contribution < -0.4 is 10.9 Å². The number of carbonyl (C=O) groups is 1. The Hall–Kier alpha value is -3.68. The fourth-order valence-electron chi connectivity index (χ4n) is 4.37. The molecule has 36 heavy (non-hydrogen) atoms. The summed E-state index contributed by atoms with van der Waals surface area (Å²) in [5, 5.41) is 4.07. The van der Waals surface area contributed by atoms with Crippen molar-refractivity contribution < 1.29 is 4.79 Å². The standard InChI is InChI=1S/C29H25N3O2S2/c1-18-14-19(2)16-22(15-18)30-24(33)17-35-29-31-27-26(28(34)32(29)23-12-8-5-9-13-23)25(20(3)36-27)21-10-6-4-7-11-21/h4-16H,17H2,1-3H3,(H,30,33). The van der Waals surface area contributed by atoms with Crippen LogP contribution >= 0.6 is 23.1 Å². The van der Waals surface area contributed by atoms with Crippen molar-refractivity contribution >= 4 is 44.9 Å². The smallest absolute Gasteiger partial charge is 0.268 e. The van der Waals surface area contributed by atoms with Gasteiger partial charge >= 0.3 is 0 Å². The number of anilines is 1. The summed E-state index contributed by atoms with van der Waals surface area (Å²) in [5.41, 5.74) is 5.44. The summed E-state index contributed by atoms with van der Waals surface area (Å²) in [7, 11) is 0. The molecule has 0 aliphatic rings. The van der Waals surface area contributed by atoms with Crippen LogP contribution in [-0.2, 0) is 4.79 Å². The van der Waals surface area contributed by atoms with Crippen molar-refractivity contribution in [3.63, 3.8) is 0 Å². The topological polar surface area (TPSA) is 64.0 Å². The highest BCUT2D eigenvalue weighted by atomic mass is 32.2. The number of fused-ring (bicyclic) bond motifs is 1. The zero-order chi connectivity index (χ0) is 25.2. The van der Waals surface area contributed by atoms with Gasteiger partial charge in [0, 0.05) is 16.1 Å². The highest BCUT2D eigenvalue weighted by Crippen LogP contribution is 2.37. The van der Waals surface area contributed by atoms with Gasteiger partial charge in [-0.1, -0.05) is 66.4 Å². The van der Waals surface area contributed by atoms with Crippen LogP contribution in [0.25, 0.3) is 27.0 Å². The summed E-state index contributed by atoms with van der Waals surface area (Å²) < 4.78 is 1.62. The number of aryl methyl sites for hydroxylation is 3. The molecule has 0 saturated carbocycles. The van der Waals surface area contributed by atoms with Gasteiger partial charge in [0.25, 0.3) is 5.56 Å². The van der Waals surface area contributed by atoms with Crippen molar-refractivity contribution in [3.8, 4) is 16.8 Å². The molecule has 1 N–H and O–H groups in total. The summed E-state index contributed by atoms with van der Waals surface area (Å²) in [6, 6.07) is 25.4. The van der Waals surface area contributed by atoms with Crippen molar-refractivity contribution in [2.24, 2.45) is 0 Å². The zero-order valence-corrected chi connectivity index (χ0v) is 21.9. The summed E-state index contributed by atoms with van der Waals surface area (Å²) in [6.07, 6.45) is 0. The van der Waals surface area contributed by atoms with Gasteiger partial charge in [-0.15, -0.1) is 11.3 Å². The molecule has 5 rings (SSSR count). The van der Waals surface area contributed by atoms with E-state index in [1.54, 1.807) is 4.57 Å². The van der Waals surface area contributed by atoms with E-state index >= 15 is 0 Å². The lowest BCUT2D eigenvalue weighted by Crippen LogP contribution is -2.22. The fourth-order valence-corrected chi connectivity index (χ4v) is 6.27. The molecule has 0 saturated heterocycles. The Morgan fingerprint density at radius 2 is 1.58 bits per heavy atom. The van der Waals surface area contributed by atoms with E-state index in [-0.39, 0.29) is 17.2 Å². The van der Waals surface area contributed by atoms with E-state index in [9.17, 15) is 9.59 Å². The predicted molar refractivity (Wildman–Crippen MR) is 151 cm³/mol. The molecular formula is C29H25N3O2S2. The first-order valence-corrected chi connectivity index (χ1v) is 13.4. The number of benzene rings is 3. The van der Waals surface area contributed by atoms with E-state index in [2.05, 4.69) is 11.4 Å².